The van der Waals surface area contributed by atoms with E-state index in [0.29, 0.717) is 0 Å². The van der Waals surface area contributed by atoms with Gasteiger partial charge in [-0.3, -0.25) is 0 Å². The van der Waals surface area contributed by atoms with Crippen LogP contribution in [0.5, 0.6) is 0 Å². The van der Waals surface area contributed by atoms with Crippen molar-refractivity contribution < 1.29 is 4.43 Å². The summed E-state index contributed by atoms with van der Waals surface area (Å²) >= 11 is 0. The van der Waals surface area contributed by atoms with Crippen molar-refractivity contribution in [3.63, 3.8) is 0 Å². The Morgan fingerprint density at radius 3 is 1.79 bits per heavy atom. The average Bonchev–Trinajstić information content (AvgIpc) is 2.21. The topological polar surface area (TPSA) is 9.23 Å². The molecule has 0 aromatic carbocycles. The molecule has 0 aromatic rings. The summed E-state index contributed by atoms with van der Waals surface area (Å²) in [5.41, 5.74) is 0. The van der Waals surface area contributed by atoms with Crippen molar-refractivity contribution >= 4 is 9.76 Å². The molecular weight excluding hydrogens is 188 g/mol. The zero-order valence-electron chi connectivity index (χ0n) is 10.2. The normalized spacial score (nSPS) is 11.6. The standard InChI is InChI=1S/C12H28OSi/c1-3-4-5-6-7-8-9-10-11-12-14-13-2/h3-12,14H2,1-2H3. The SMILES string of the molecule is CCCCCCCCCCC[SiH2]OC. The van der Waals surface area contributed by atoms with E-state index in [0.717, 1.165) is 0 Å². The molecule has 0 N–H and O–H groups in total. The van der Waals surface area contributed by atoms with Crippen molar-refractivity contribution in [2.24, 2.45) is 0 Å². The van der Waals surface area contributed by atoms with E-state index in [-0.39, 0.29) is 9.76 Å². The van der Waals surface area contributed by atoms with E-state index in [9.17, 15) is 0 Å². The van der Waals surface area contributed by atoms with E-state index in [1.165, 1.54) is 63.8 Å². The first-order valence-corrected chi connectivity index (χ1v) is 7.98. The molecule has 0 rings (SSSR count). The highest BCUT2D eigenvalue weighted by atomic mass is 28.2. The van der Waals surface area contributed by atoms with E-state index in [1.54, 1.807) is 0 Å². The molecule has 0 unspecified atom stereocenters. The third-order valence-corrected chi connectivity index (χ3v) is 3.90. The van der Waals surface area contributed by atoms with Crippen LogP contribution >= 0.6 is 0 Å². The van der Waals surface area contributed by atoms with Gasteiger partial charge in [0.1, 0.15) is 0 Å². The Bertz CT molecular complexity index is 84.3. The lowest BCUT2D eigenvalue weighted by molar-refractivity contribution is 0.438. The predicted molar refractivity (Wildman–Crippen MR) is 67.6 cm³/mol. The first kappa shape index (κ1) is 14.2. The molecule has 14 heavy (non-hydrogen) atoms. The van der Waals surface area contributed by atoms with E-state index in [4.69, 9.17) is 4.43 Å². The lowest BCUT2D eigenvalue weighted by Crippen LogP contribution is -1.91. The summed E-state index contributed by atoms with van der Waals surface area (Å²) in [6.45, 7) is 2.28. The maximum Gasteiger partial charge on any atom is 0.161 e. The van der Waals surface area contributed by atoms with Crippen LogP contribution in [0.15, 0.2) is 0 Å². The van der Waals surface area contributed by atoms with Crippen molar-refractivity contribution in [2.75, 3.05) is 7.11 Å². The second kappa shape index (κ2) is 13.2. The smallest absolute Gasteiger partial charge is 0.161 e. The first-order chi connectivity index (χ1) is 6.91. The molecule has 0 saturated carbocycles. The lowest BCUT2D eigenvalue weighted by atomic mass is 10.1. The van der Waals surface area contributed by atoms with Crippen LogP contribution in [0.25, 0.3) is 0 Å². The number of rotatable bonds is 11. The molecular formula is C12H28OSi. The van der Waals surface area contributed by atoms with Crippen molar-refractivity contribution in [1.82, 2.24) is 0 Å². The molecule has 2 heteroatoms. The zero-order valence-corrected chi connectivity index (χ0v) is 11.6. The summed E-state index contributed by atoms with van der Waals surface area (Å²) in [4.78, 5) is 0. The summed E-state index contributed by atoms with van der Waals surface area (Å²) in [6, 6.07) is 1.38. The monoisotopic (exact) mass is 216 g/mol. The molecule has 0 spiro atoms. The van der Waals surface area contributed by atoms with Crippen molar-refractivity contribution in [3.8, 4) is 0 Å². The predicted octanol–water partition coefficient (Wildman–Crippen LogP) is 3.67. The fourth-order valence-corrected chi connectivity index (χ4v) is 2.58. The van der Waals surface area contributed by atoms with Crippen molar-refractivity contribution in [2.45, 2.75) is 70.8 Å². The minimum Gasteiger partial charge on any atom is -0.427 e. The summed E-state index contributed by atoms with van der Waals surface area (Å²) in [5.74, 6) is 0. The van der Waals surface area contributed by atoms with E-state index >= 15 is 0 Å². The Hall–Kier alpha value is 0.177. The quantitative estimate of drug-likeness (QED) is 0.378. The lowest BCUT2D eigenvalue weighted by Gasteiger charge is -2.01. The van der Waals surface area contributed by atoms with Gasteiger partial charge in [0.15, 0.2) is 9.76 Å². The Morgan fingerprint density at radius 1 is 0.786 bits per heavy atom. The number of unbranched alkanes of at least 4 members (excludes halogenated alkanes) is 8. The molecule has 0 saturated heterocycles. The maximum absolute atomic E-state index is 5.15. The van der Waals surface area contributed by atoms with Crippen LogP contribution in [0.1, 0.15) is 64.7 Å². The second-order valence-corrected chi connectivity index (χ2v) is 5.87. The number of hydrogen-bond donors (Lipinski definition) is 0. The van der Waals surface area contributed by atoms with Crippen LogP contribution in [0.3, 0.4) is 0 Å². The molecule has 86 valence electrons. The molecule has 0 fully saturated rings. The minimum absolute atomic E-state index is 0.129. The maximum atomic E-state index is 5.15. The minimum atomic E-state index is -0.129. The molecule has 0 radical (unpaired) electrons. The van der Waals surface area contributed by atoms with Gasteiger partial charge in [-0.2, -0.15) is 0 Å². The van der Waals surface area contributed by atoms with Crippen LogP contribution in [-0.2, 0) is 4.43 Å². The molecule has 1 nitrogen and oxygen atoms in total. The van der Waals surface area contributed by atoms with Gasteiger partial charge in [-0.1, -0.05) is 64.7 Å². The molecule has 0 aliphatic heterocycles. The van der Waals surface area contributed by atoms with Gasteiger partial charge in [0.05, 0.1) is 0 Å². The fraction of sp³-hybridized carbons (Fsp3) is 1.00. The molecule has 0 bridgehead atoms. The van der Waals surface area contributed by atoms with Gasteiger partial charge in [-0.05, 0) is 6.04 Å². The highest BCUT2D eigenvalue weighted by molar-refractivity contribution is 6.26. The van der Waals surface area contributed by atoms with Gasteiger partial charge in [0.25, 0.3) is 0 Å². The summed E-state index contributed by atoms with van der Waals surface area (Å²) in [5, 5.41) is 0. The van der Waals surface area contributed by atoms with Crippen LogP contribution in [0.4, 0.5) is 0 Å². The van der Waals surface area contributed by atoms with Gasteiger partial charge in [-0.15, -0.1) is 0 Å². The van der Waals surface area contributed by atoms with Gasteiger partial charge < -0.3 is 4.43 Å². The molecule has 0 aromatic heterocycles. The molecule has 0 atom stereocenters. The Morgan fingerprint density at radius 2 is 1.29 bits per heavy atom. The molecule has 0 heterocycles. The highest BCUT2D eigenvalue weighted by Gasteiger charge is 1.92. The third-order valence-electron chi connectivity index (χ3n) is 2.70. The van der Waals surface area contributed by atoms with Crippen molar-refractivity contribution in [3.05, 3.63) is 0 Å². The van der Waals surface area contributed by atoms with Gasteiger partial charge >= 0.3 is 0 Å². The fourth-order valence-electron chi connectivity index (χ4n) is 1.73. The van der Waals surface area contributed by atoms with Crippen LogP contribution in [0.2, 0.25) is 6.04 Å². The summed E-state index contributed by atoms with van der Waals surface area (Å²) < 4.78 is 5.15. The van der Waals surface area contributed by atoms with E-state index in [1.807, 2.05) is 7.11 Å². The van der Waals surface area contributed by atoms with Gasteiger partial charge in [-0.25, -0.2) is 0 Å². The summed E-state index contributed by atoms with van der Waals surface area (Å²) in [7, 11) is 1.72. The third kappa shape index (κ3) is 12.2. The van der Waals surface area contributed by atoms with Crippen LogP contribution in [-0.4, -0.2) is 16.9 Å². The Labute approximate surface area is 92.6 Å². The zero-order chi connectivity index (χ0) is 10.5. The van der Waals surface area contributed by atoms with E-state index < -0.39 is 0 Å². The summed E-state index contributed by atoms with van der Waals surface area (Å²) in [6.07, 6.45) is 12.9. The first-order valence-electron chi connectivity index (χ1n) is 6.40. The molecule has 0 aliphatic rings. The second-order valence-electron chi connectivity index (χ2n) is 4.17. The largest absolute Gasteiger partial charge is 0.427 e. The van der Waals surface area contributed by atoms with Gasteiger partial charge in [0.2, 0.25) is 0 Å². The highest BCUT2D eigenvalue weighted by Crippen LogP contribution is 2.10. The van der Waals surface area contributed by atoms with Crippen LogP contribution in [0, 0.1) is 0 Å². The van der Waals surface area contributed by atoms with Gasteiger partial charge in [0, 0.05) is 7.11 Å². The Balaban J connectivity index is 2.78. The molecule has 0 amide bonds. The molecule has 0 aliphatic carbocycles. The number of hydrogen-bond acceptors (Lipinski definition) is 1. The Kier molecular flexibility index (Phi) is 13.3. The van der Waals surface area contributed by atoms with Crippen molar-refractivity contribution in [1.29, 1.82) is 0 Å². The van der Waals surface area contributed by atoms with E-state index in [2.05, 4.69) is 6.92 Å². The van der Waals surface area contributed by atoms with Crippen LogP contribution < -0.4 is 0 Å². The average molecular weight is 216 g/mol.